The Hall–Kier alpha value is -3.54. The van der Waals surface area contributed by atoms with Crippen molar-refractivity contribution in [2.45, 2.75) is 55.6 Å². The van der Waals surface area contributed by atoms with Crippen LogP contribution >= 0.6 is 0 Å². The zero-order valence-corrected chi connectivity index (χ0v) is 23.7. The molecule has 3 fully saturated rings. The largest absolute Gasteiger partial charge is 0.494 e. The molecule has 0 radical (unpaired) electrons. The number of hydrogen-bond donors (Lipinski definition) is 1. The molecule has 216 valence electrons. The first-order valence-electron chi connectivity index (χ1n) is 13.9. The lowest BCUT2D eigenvalue weighted by Crippen LogP contribution is -2.46. The average molecular weight is 581 g/mol. The molecule has 1 saturated carbocycles. The van der Waals surface area contributed by atoms with Gasteiger partial charge in [-0.15, -0.1) is 0 Å². The van der Waals surface area contributed by atoms with E-state index in [0.717, 1.165) is 48.5 Å². The second kappa shape index (κ2) is 10.7. The van der Waals surface area contributed by atoms with Crippen LogP contribution in [0.2, 0.25) is 0 Å². The Kier molecular flexibility index (Phi) is 7.21. The molecule has 11 heteroatoms. The summed E-state index contributed by atoms with van der Waals surface area (Å²) < 4.78 is 48.7. The van der Waals surface area contributed by atoms with Gasteiger partial charge >= 0.3 is 6.09 Å². The van der Waals surface area contributed by atoms with Gasteiger partial charge in [-0.05, 0) is 79.8 Å². The summed E-state index contributed by atoms with van der Waals surface area (Å²) in [5.74, 6) is 0.917. The summed E-state index contributed by atoms with van der Waals surface area (Å²) in [6.45, 7) is 5.09. The van der Waals surface area contributed by atoms with Gasteiger partial charge in [0, 0.05) is 49.3 Å². The van der Waals surface area contributed by atoms with Crippen molar-refractivity contribution >= 4 is 21.8 Å². The zero-order valence-electron chi connectivity index (χ0n) is 22.9. The molecule has 1 spiro atoms. The van der Waals surface area contributed by atoms with E-state index in [1.54, 1.807) is 23.1 Å². The third-order valence-corrected chi connectivity index (χ3v) is 9.09. The van der Waals surface area contributed by atoms with Gasteiger partial charge in [-0.1, -0.05) is 0 Å². The summed E-state index contributed by atoms with van der Waals surface area (Å²) >= 11 is 0. The zero-order chi connectivity index (χ0) is 28.8. The maximum Gasteiger partial charge on any atom is 0.415 e. The lowest BCUT2D eigenvalue weighted by molar-refractivity contribution is -0.00111. The van der Waals surface area contributed by atoms with Crippen molar-refractivity contribution in [3.63, 3.8) is 0 Å². The van der Waals surface area contributed by atoms with E-state index in [1.165, 1.54) is 30.0 Å². The van der Waals surface area contributed by atoms with Crippen LogP contribution in [0, 0.1) is 5.82 Å². The van der Waals surface area contributed by atoms with Crippen LogP contribution in [0.3, 0.4) is 0 Å². The monoisotopic (exact) mass is 580 g/mol. The number of likely N-dealkylation sites (tertiary alicyclic amines) is 1. The summed E-state index contributed by atoms with van der Waals surface area (Å²) in [5.41, 5.74) is 4.05. The predicted octanol–water partition coefficient (Wildman–Crippen LogP) is 4.80. The number of carbonyl (C=O) groups excluding carboxylic acids is 1. The van der Waals surface area contributed by atoms with Crippen molar-refractivity contribution < 1.29 is 27.1 Å². The van der Waals surface area contributed by atoms with Crippen molar-refractivity contribution in [2.75, 3.05) is 31.1 Å². The van der Waals surface area contributed by atoms with Gasteiger partial charge in [0.15, 0.2) is 0 Å². The molecule has 6 rings (SSSR count). The molecule has 3 heterocycles. The number of hydrogen-bond acceptors (Lipinski definition) is 7. The molecule has 1 aromatic heterocycles. The van der Waals surface area contributed by atoms with Crippen LogP contribution < -0.4 is 14.8 Å². The lowest BCUT2D eigenvalue weighted by atomic mass is 9.90. The molecular formula is C30H33FN4O5S. The number of primary sulfonamides is 1. The highest BCUT2D eigenvalue weighted by molar-refractivity contribution is 7.89. The number of ether oxygens (including phenoxy) is 2. The molecule has 2 aliphatic heterocycles. The van der Waals surface area contributed by atoms with Crippen molar-refractivity contribution in [1.29, 1.82) is 0 Å². The van der Waals surface area contributed by atoms with Crippen LogP contribution in [0.1, 0.15) is 49.7 Å². The van der Waals surface area contributed by atoms with Gasteiger partial charge in [-0.2, -0.15) is 0 Å². The van der Waals surface area contributed by atoms with Crippen LogP contribution in [0.25, 0.3) is 11.3 Å². The summed E-state index contributed by atoms with van der Waals surface area (Å²) in [5, 5.41) is 5.20. The highest BCUT2D eigenvalue weighted by atomic mass is 32.2. The van der Waals surface area contributed by atoms with Crippen LogP contribution in [0.15, 0.2) is 59.6 Å². The average Bonchev–Trinajstić information content (AvgIpc) is 3.74. The Bertz CT molecular complexity index is 1550. The molecule has 3 aromatic rings. The SMILES string of the molecule is CCOc1cc(-c2ccc(F)cn2)c(C2CC2)cc1CN1CCC2(CC1)CN(c1ccc(S(N)(=O)=O)cc1)C(=O)O2. The first kappa shape index (κ1) is 27.6. The molecule has 0 atom stereocenters. The second-order valence-electron chi connectivity index (χ2n) is 11.1. The van der Waals surface area contributed by atoms with E-state index in [9.17, 15) is 17.6 Å². The van der Waals surface area contributed by atoms with E-state index in [-0.39, 0.29) is 10.7 Å². The maximum atomic E-state index is 13.5. The number of aromatic nitrogens is 1. The first-order chi connectivity index (χ1) is 19.6. The van der Waals surface area contributed by atoms with Gasteiger partial charge in [-0.25, -0.2) is 22.7 Å². The Balaban J connectivity index is 1.17. The molecule has 2 aromatic carbocycles. The number of nitrogens with two attached hydrogens (primary N) is 1. The van der Waals surface area contributed by atoms with Gasteiger partial charge in [0.1, 0.15) is 17.2 Å². The molecule has 1 aliphatic carbocycles. The van der Waals surface area contributed by atoms with Crippen molar-refractivity contribution in [2.24, 2.45) is 5.14 Å². The van der Waals surface area contributed by atoms with Crippen LogP contribution in [-0.4, -0.2) is 56.2 Å². The Labute approximate surface area is 239 Å². The number of anilines is 1. The van der Waals surface area contributed by atoms with E-state index >= 15 is 0 Å². The molecule has 41 heavy (non-hydrogen) atoms. The Morgan fingerprint density at radius 1 is 1.12 bits per heavy atom. The molecular weight excluding hydrogens is 547 g/mol. The normalized spacial score (nSPS) is 19.0. The smallest absolute Gasteiger partial charge is 0.415 e. The molecule has 2 N–H and O–H groups in total. The van der Waals surface area contributed by atoms with Crippen molar-refractivity contribution in [3.05, 3.63) is 71.7 Å². The van der Waals surface area contributed by atoms with Crippen LogP contribution in [-0.2, 0) is 21.3 Å². The number of piperidine rings is 1. The van der Waals surface area contributed by atoms with Gasteiger partial charge < -0.3 is 9.47 Å². The topological polar surface area (TPSA) is 115 Å². The molecule has 9 nitrogen and oxygen atoms in total. The Morgan fingerprint density at radius 2 is 1.85 bits per heavy atom. The maximum absolute atomic E-state index is 13.5. The van der Waals surface area contributed by atoms with Gasteiger partial charge in [0.05, 0.1) is 29.9 Å². The standard InChI is InChI=1S/C30H33FN4O5S/c1-2-39-28-16-26(27-10-5-22(31)17-33-27)25(20-3-4-20)15-21(28)18-34-13-11-30(12-14-34)19-35(29(36)40-30)23-6-8-24(9-7-23)41(32,37)38/h5-10,15-17,20H,2-4,11-14,18-19H2,1H3,(H2,32,37,38). The van der Waals surface area contributed by atoms with Gasteiger partial charge in [0.2, 0.25) is 10.0 Å². The number of halogens is 1. The number of pyridine rings is 1. The molecule has 0 bridgehead atoms. The minimum atomic E-state index is -3.81. The number of sulfonamides is 1. The highest BCUT2D eigenvalue weighted by Crippen LogP contribution is 2.46. The second-order valence-corrected chi connectivity index (χ2v) is 12.6. The first-order valence-corrected chi connectivity index (χ1v) is 15.5. The number of amides is 1. The number of nitrogens with zero attached hydrogens (tertiary/aromatic N) is 3. The minimum absolute atomic E-state index is 0.00457. The molecule has 2 saturated heterocycles. The summed E-state index contributed by atoms with van der Waals surface area (Å²) in [7, 11) is -3.81. The number of carbonyl (C=O) groups is 1. The van der Waals surface area contributed by atoms with Gasteiger partial charge in [-0.3, -0.25) is 14.8 Å². The minimum Gasteiger partial charge on any atom is -0.494 e. The summed E-state index contributed by atoms with van der Waals surface area (Å²) in [6.07, 6.45) is 4.43. The van der Waals surface area contributed by atoms with E-state index in [2.05, 4.69) is 22.0 Å². The van der Waals surface area contributed by atoms with E-state index < -0.39 is 21.7 Å². The molecule has 0 unspecified atom stereocenters. The number of benzene rings is 2. The quantitative estimate of drug-likeness (QED) is 0.407. The molecule has 1 amide bonds. The predicted molar refractivity (Wildman–Crippen MR) is 152 cm³/mol. The van der Waals surface area contributed by atoms with E-state index in [4.69, 9.17) is 14.6 Å². The van der Waals surface area contributed by atoms with Gasteiger partial charge in [0.25, 0.3) is 0 Å². The fourth-order valence-corrected chi connectivity index (χ4v) is 6.32. The fraction of sp³-hybridized carbons (Fsp3) is 0.400. The van der Waals surface area contributed by atoms with Crippen molar-refractivity contribution in [3.8, 4) is 17.0 Å². The van der Waals surface area contributed by atoms with Crippen LogP contribution in [0.4, 0.5) is 14.9 Å². The van der Waals surface area contributed by atoms with Crippen molar-refractivity contribution in [1.82, 2.24) is 9.88 Å². The fourth-order valence-electron chi connectivity index (χ4n) is 5.80. The van der Waals surface area contributed by atoms with E-state index in [0.29, 0.717) is 44.1 Å². The third-order valence-electron chi connectivity index (χ3n) is 8.16. The summed E-state index contributed by atoms with van der Waals surface area (Å²) in [6, 6.07) is 13.4. The third kappa shape index (κ3) is 5.79. The number of rotatable bonds is 8. The van der Waals surface area contributed by atoms with E-state index in [1.807, 2.05) is 6.92 Å². The van der Waals surface area contributed by atoms with Crippen LogP contribution in [0.5, 0.6) is 5.75 Å². The Morgan fingerprint density at radius 3 is 2.46 bits per heavy atom. The highest BCUT2D eigenvalue weighted by Gasteiger charge is 2.47. The lowest BCUT2D eigenvalue weighted by Gasteiger charge is -2.37. The summed E-state index contributed by atoms with van der Waals surface area (Å²) in [4.78, 5) is 21.0. The molecule has 3 aliphatic rings.